The largest absolute Gasteiger partial charge is 0.417 e. The number of hydrogen-bond acceptors (Lipinski definition) is 4. The van der Waals surface area contributed by atoms with Crippen LogP contribution in [-0.4, -0.2) is 13.4 Å². The molecule has 1 aromatic heterocycles. The van der Waals surface area contributed by atoms with E-state index in [0.717, 1.165) is 11.1 Å². The van der Waals surface area contributed by atoms with Gasteiger partial charge in [0.1, 0.15) is 0 Å². The van der Waals surface area contributed by atoms with Gasteiger partial charge in [-0.1, -0.05) is 38.1 Å². The quantitative estimate of drug-likeness (QED) is 0.743. The highest BCUT2D eigenvalue weighted by Gasteiger charge is 2.17. The van der Waals surface area contributed by atoms with E-state index in [1.807, 2.05) is 24.3 Å². The molecule has 0 bridgehead atoms. The Labute approximate surface area is 139 Å². The zero-order valence-corrected chi connectivity index (χ0v) is 14.2. The summed E-state index contributed by atoms with van der Waals surface area (Å²) < 4.78 is 32.5. The molecule has 0 saturated carbocycles. The van der Waals surface area contributed by atoms with Crippen molar-refractivity contribution in [3.05, 3.63) is 64.1 Å². The number of fused-ring (bicyclic) bond motifs is 1. The minimum absolute atomic E-state index is 0.0554. The molecule has 2 N–H and O–H groups in total. The predicted octanol–water partition coefficient (Wildman–Crippen LogP) is 2.72. The van der Waals surface area contributed by atoms with Crippen molar-refractivity contribution in [1.29, 1.82) is 0 Å². The Hall–Kier alpha value is -2.38. The number of benzene rings is 2. The normalized spacial score (nSPS) is 12.1. The van der Waals surface area contributed by atoms with Crippen LogP contribution in [0.3, 0.4) is 0 Å². The zero-order valence-electron chi connectivity index (χ0n) is 13.4. The van der Waals surface area contributed by atoms with Gasteiger partial charge in [-0.15, -0.1) is 0 Å². The van der Waals surface area contributed by atoms with Gasteiger partial charge in [0.2, 0.25) is 10.0 Å². The van der Waals surface area contributed by atoms with Crippen molar-refractivity contribution in [3.63, 3.8) is 0 Å². The zero-order chi connectivity index (χ0) is 17.3. The summed E-state index contributed by atoms with van der Waals surface area (Å²) in [7, 11) is -3.71. The van der Waals surface area contributed by atoms with Crippen molar-refractivity contribution >= 4 is 21.1 Å². The van der Waals surface area contributed by atoms with Crippen LogP contribution in [-0.2, 0) is 16.6 Å². The molecule has 0 fully saturated rings. The predicted molar refractivity (Wildman–Crippen MR) is 91.4 cm³/mol. The fourth-order valence-corrected chi connectivity index (χ4v) is 3.63. The van der Waals surface area contributed by atoms with Gasteiger partial charge in [-0.05, 0) is 29.2 Å². The fourth-order valence-electron chi connectivity index (χ4n) is 2.61. The first-order valence-electron chi connectivity index (χ1n) is 7.57. The van der Waals surface area contributed by atoms with E-state index in [1.165, 1.54) is 18.2 Å². The molecule has 7 heteroatoms. The van der Waals surface area contributed by atoms with Gasteiger partial charge < -0.3 is 4.42 Å². The lowest BCUT2D eigenvalue weighted by Gasteiger charge is -2.13. The minimum atomic E-state index is -3.71. The van der Waals surface area contributed by atoms with E-state index in [0.29, 0.717) is 11.4 Å². The molecular weight excluding hydrogens is 328 g/mol. The number of H-pyrrole nitrogens is 1. The molecule has 3 rings (SSSR count). The first-order valence-corrected chi connectivity index (χ1v) is 9.05. The van der Waals surface area contributed by atoms with Gasteiger partial charge in [0, 0.05) is 12.6 Å². The molecule has 0 atom stereocenters. The van der Waals surface area contributed by atoms with Crippen LogP contribution < -0.4 is 10.5 Å². The van der Waals surface area contributed by atoms with E-state index in [9.17, 15) is 13.2 Å². The van der Waals surface area contributed by atoms with E-state index in [4.69, 9.17) is 4.42 Å². The van der Waals surface area contributed by atoms with Gasteiger partial charge >= 0.3 is 5.76 Å². The monoisotopic (exact) mass is 346 g/mol. The van der Waals surface area contributed by atoms with Crippen LogP contribution in [0.5, 0.6) is 0 Å². The van der Waals surface area contributed by atoms with Crippen molar-refractivity contribution in [2.75, 3.05) is 0 Å². The lowest BCUT2D eigenvalue weighted by atomic mass is 9.97. The van der Waals surface area contributed by atoms with Crippen molar-refractivity contribution in [1.82, 2.24) is 9.71 Å². The molecule has 3 aromatic rings. The molecule has 2 aromatic carbocycles. The Kier molecular flexibility index (Phi) is 4.29. The smallest absolute Gasteiger partial charge is 0.408 e. The minimum Gasteiger partial charge on any atom is -0.408 e. The highest BCUT2D eigenvalue weighted by Crippen LogP contribution is 2.20. The number of oxazole rings is 1. The van der Waals surface area contributed by atoms with Crippen LogP contribution in [0.1, 0.15) is 30.9 Å². The lowest BCUT2D eigenvalue weighted by molar-refractivity contribution is 0.553. The molecule has 0 radical (unpaired) electrons. The summed E-state index contributed by atoms with van der Waals surface area (Å²) in [5.41, 5.74) is 2.71. The molecule has 6 nitrogen and oxygen atoms in total. The highest BCUT2D eigenvalue weighted by atomic mass is 32.2. The maximum Gasteiger partial charge on any atom is 0.417 e. The Morgan fingerprint density at radius 3 is 2.67 bits per heavy atom. The maximum absolute atomic E-state index is 12.5. The van der Waals surface area contributed by atoms with Gasteiger partial charge in [-0.3, -0.25) is 4.98 Å². The van der Waals surface area contributed by atoms with Gasteiger partial charge in [0.15, 0.2) is 5.58 Å². The van der Waals surface area contributed by atoms with Crippen molar-refractivity contribution < 1.29 is 12.8 Å². The molecule has 0 aliphatic carbocycles. The highest BCUT2D eigenvalue weighted by molar-refractivity contribution is 7.89. The standard InChI is InChI=1S/C17H18N2O4S/c1-11(2)14-6-4-3-5-12(14)10-18-24(21,22)13-7-8-15-16(9-13)23-17(20)19-15/h3-9,11,18H,10H2,1-2H3,(H,19,20). The van der Waals surface area contributed by atoms with Crippen molar-refractivity contribution in [2.24, 2.45) is 0 Å². The number of aromatic amines is 1. The van der Waals surface area contributed by atoms with Crippen LogP contribution in [0.25, 0.3) is 11.1 Å². The fraction of sp³-hybridized carbons (Fsp3) is 0.235. The van der Waals surface area contributed by atoms with Crippen LogP contribution >= 0.6 is 0 Å². The van der Waals surface area contributed by atoms with E-state index in [1.54, 1.807) is 0 Å². The van der Waals surface area contributed by atoms with Crippen LogP contribution in [0, 0.1) is 0 Å². The lowest BCUT2D eigenvalue weighted by Crippen LogP contribution is -2.23. The molecule has 24 heavy (non-hydrogen) atoms. The third-order valence-electron chi connectivity index (χ3n) is 3.83. The maximum atomic E-state index is 12.5. The van der Waals surface area contributed by atoms with Gasteiger partial charge in [0.25, 0.3) is 0 Å². The van der Waals surface area contributed by atoms with Crippen molar-refractivity contribution in [2.45, 2.75) is 31.2 Å². The number of sulfonamides is 1. The van der Waals surface area contributed by atoms with E-state index in [2.05, 4.69) is 23.6 Å². The van der Waals surface area contributed by atoms with E-state index >= 15 is 0 Å². The molecule has 0 aliphatic heterocycles. The van der Waals surface area contributed by atoms with Crippen LogP contribution in [0.4, 0.5) is 0 Å². The van der Waals surface area contributed by atoms with Gasteiger partial charge in [0.05, 0.1) is 10.4 Å². The molecule has 0 amide bonds. The Morgan fingerprint density at radius 1 is 1.17 bits per heavy atom. The van der Waals surface area contributed by atoms with E-state index < -0.39 is 15.8 Å². The molecule has 126 valence electrons. The summed E-state index contributed by atoms with van der Waals surface area (Å²) >= 11 is 0. The Bertz CT molecular complexity index is 1030. The first-order chi connectivity index (χ1) is 11.4. The number of hydrogen-bond donors (Lipinski definition) is 2. The summed E-state index contributed by atoms with van der Waals surface area (Å²) in [6.45, 7) is 4.33. The second-order valence-electron chi connectivity index (χ2n) is 5.85. The van der Waals surface area contributed by atoms with Gasteiger partial charge in [-0.2, -0.15) is 0 Å². The topological polar surface area (TPSA) is 92.2 Å². The third kappa shape index (κ3) is 3.27. The summed E-state index contributed by atoms with van der Waals surface area (Å²) in [6, 6.07) is 12.0. The van der Waals surface area contributed by atoms with E-state index in [-0.39, 0.29) is 17.0 Å². The van der Waals surface area contributed by atoms with Gasteiger partial charge in [-0.25, -0.2) is 17.9 Å². The summed E-state index contributed by atoms with van der Waals surface area (Å²) in [6.07, 6.45) is 0. The molecule has 1 heterocycles. The second kappa shape index (κ2) is 6.26. The number of aromatic nitrogens is 1. The Morgan fingerprint density at radius 2 is 1.92 bits per heavy atom. The summed E-state index contributed by atoms with van der Waals surface area (Å²) in [4.78, 5) is 13.7. The third-order valence-corrected chi connectivity index (χ3v) is 5.23. The molecule has 0 saturated heterocycles. The average molecular weight is 346 g/mol. The van der Waals surface area contributed by atoms with Crippen molar-refractivity contribution in [3.8, 4) is 0 Å². The SMILES string of the molecule is CC(C)c1ccccc1CNS(=O)(=O)c1ccc2[nH]c(=O)oc2c1. The number of nitrogens with one attached hydrogen (secondary N) is 2. The van der Waals surface area contributed by atoms with Crippen LogP contribution in [0.2, 0.25) is 0 Å². The molecular formula is C17H18N2O4S. The second-order valence-corrected chi connectivity index (χ2v) is 7.62. The van der Waals surface area contributed by atoms with Crippen LogP contribution in [0.15, 0.2) is 56.6 Å². The molecule has 0 spiro atoms. The number of rotatable bonds is 5. The summed E-state index contributed by atoms with van der Waals surface area (Å²) in [5.74, 6) is -0.311. The first kappa shape index (κ1) is 16.5. The average Bonchev–Trinajstić information content (AvgIpc) is 2.92. The Balaban J connectivity index is 1.87. The molecule has 0 unspecified atom stereocenters. The summed E-state index contributed by atoms with van der Waals surface area (Å²) in [5, 5.41) is 0. The molecule has 0 aliphatic rings.